The van der Waals surface area contributed by atoms with Gasteiger partial charge in [-0.2, -0.15) is 0 Å². The molecule has 0 unspecified atom stereocenters. The fraction of sp³-hybridized carbons (Fsp3) is 0.273. The maximum atomic E-state index is 11.3. The summed E-state index contributed by atoms with van der Waals surface area (Å²) >= 11 is 5.71. The van der Waals surface area contributed by atoms with Gasteiger partial charge in [0.15, 0.2) is 0 Å². The summed E-state index contributed by atoms with van der Waals surface area (Å²) in [5.41, 5.74) is 0.417. The van der Waals surface area contributed by atoms with Crippen LogP contribution in [0.3, 0.4) is 0 Å². The molecule has 0 saturated heterocycles. The maximum absolute atomic E-state index is 11.3. The number of carbonyl (C=O) groups is 2. The molecule has 5 heteroatoms. The third-order valence-corrected chi connectivity index (χ3v) is 1.94. The zero-order valence-electron chi connectivity index (χ0n) is 9.41. The standard InChI is InChI=1S/C9H6BClO3.C2H6/c1-14-9(13)8(12)6-4-5(10)2-3-7(6)11;1-2/h2-4H,1H3;1-2H3. The molecule has 1 aromatic carbocycles. The van der Waals surface area contributed by atoms with Crippen molar-refractivity contribution >= 4 is 36.7 Å². The normalized spacial score (nSPS) is 8.75. The van der Waals surface area contributed by atoms with Crippen molar-refractivity contribution in [3.05, 3.63) is 28.8 Å². The number of halogens is 1. The Morgan fingerprint density at radius 1 is 1.31 bits per heavy atom. The van der Waals surface area contributed by atoms with E-state index in [0.29, 0.717) is 5.46 Å². The van der Waals surface area contributed by atoms with Crippen LogP contribution in [-0.4, -0.2) is 26.7 Å². The second kappa shape index (κ2) is 7.07. The van der Waals surface area contributed by atoms with Crippen LogP contribution in [0.1, 0.15) is 24.2 Å². The van der Waals surface area contributed by atoms with Gasteiger partial charge in [0.05, 0.1) is 12.1 Å². The molecule has 0 atom stereocenters. The van der Waals surface area contributed by atoms with E-state index in [1.807, 2.05) is 13.8 Å². The first-order valence-electron chi connectivity index (χ1n) is 4.74. The summed E-state index contributed by atoms with van der Waals surface area (Å²) < 4.78 is 4.27. The number of hydrogen-bond acceptors (Lipinski definition) is 3. The second-order valence-electron chi connectivity index (χ2n) is 2.56. The van der Waals surface area contributed by atoms with E-state index in [-0.39, 0.29) is 10.6 Å². The van der Waals surface area contributed by atoms with Crippen molar-refractivity contribution in [2.75, 3.05) is 7.11 Å². The molecule has 1 rings (SSSR count). The van der Waals surface area contributed by atoms with E-state index in [1.165, 1.54) is 18.2 Å². The maximum Gasteiger partial charge on any atom is 0.379 e. The average molecular weight is 238 g/mol. The molecule has 0 aliphatic heterocycles. The Bertz CT molecular complexity index is 391. The Balaban J connectivity index is 0.00000106. The highest BCUT2D eigenvalue weighted by molar-refractivity contribution is 6.46. The number of methoxy groups -OCH3 is 1. The monoisotopic (exact) mass is 238 g/mol. The van der Waals surface area contributed by atoms with Crippen LogP contribution in [0.2, 0.25) is 5.02 Å². The largest absolute Gasteiger partial charge is 0.463 e. The quantitative estimate of drug-likeness (QED) is 0.339. The minimum atomic E-state index is -0.961. The summed E-state index contributed by atoms with van der Waals surface area (Å²) in [6.45, 7) is 4.00. The van der Waals surface area contributed by atoms with Crippen molar-refractivity contribution in [2.45, 2.75) is 13.8 Å². The van der Waals surface area contributed by atoms with E-state index in [1.54, 1.807) is 0 Å². The molecule has 2 radical (unpaired) electrons. The van der Waals surface area contributed by atoms with Crippen LogP contribution in [0.25, 0.3) is 0 Å². The minimum Gasteiger partial charge on any atom is -0.463 e. The van der Waals surface area contributed by atoms with Crippen molar-refractivity contribution in [2.24, 2.45) is 0 Å². The molecule has 0 N–H and O–H groups in total. The van der Waals surface area contributed by atoms with E-state index in [0.717, 1.165) is 7.11 Å². The molecule has 0 bridgehead atoms. The van der Waals surface area contributed by atoms with Crippen molar-refractivity contribution in [3.8, 4) is 0 Å². The predicted octanol–water partition coefficient (Wildman–Crippen LogP) is 1.52. The molecular formula is C11H12BClO3. The highest BCUT2D eigenvalue weighted by atomic mass is 35.5. The fourth-order valence-electron chi connectivity index (χ4n) is 0.920. The summed E-state index contributed by atoms with van der Waals surface area (Å²) in [4.78, 5) is 22.2. The molecule has 0 heterocycles. The SMILES string of the molecule is CC.[B]c1ccc(Cl)c(C(=O)C(=O)OC)c1. The number of ether oxygens (including phenoxy) is 1. The van der Waals surface area contributed by atoms with Crippen LogP contribution in [-0.2, 0) is 9.53 Å². The molecule has 0 aromatic heterocycles. The number of benzene rings is 1. The highest BCUT2D eigenvalue weighted by Crippen LogP contribution is 2.14. The number of carbonyl (C=O) groups excluding carboxylic acids is 2. The van der Waals surface area contributed by atoms with Gasteiger partial charge in [0, 0.05) is 5.56 Å². The molecule has 0 amide bonds. The van der Waals surface area contributed by atoms with E-state index >= 15 is 0 Å². The number of esters is 1. The van der Waals surface area contributed by atoms with Crippen LogP contribution >= 0.6 is 11.6 Å². The Morgan fingerprint density at radius 3 is 2.38 bits per heavy atom. The summed E-state index contributed by atoms with van der Waals surface area (Å²) in [7, 11) is 6.57. The third kappa shape index (κ3) is 3.70. The van der Waals surface area contributed by atoms with Crippen LogP contribution in [0.5, 0.6) is 0 Å². The van der Waals surface area contributed by atoms with Crippen LogP contribution < -0.4 is 5.46 Å². The molecule has 0 aliphatic rings. The molecule has 84 valence electrons. The first-order chi connectivity index (χ1) is 7.56. The smallest absolute Gasteiger partial charge is 0.379 e. The van der Waals surface area contributed by atoms with E-state index < -0.39 is 11.8 Å². The van der Waals surface area contributed by atoms with Gasteiger partial charge in [-0.25, -0.2) is 4.79 Å². The number of Topliss-reactive ketones (excluding diaryl/α,β-unsaturated/α-hetero) is 1. The van der Waals surface area contributed by atoms with Crippen molar-refractivity contribution in [1.82, 2.24) is 0 Å². The molecular weight excluding hydrogens is 226 g/mol. The Kier molecular flexibility index (Phi) is 6.50. The fourth-order valence-corrected chi connectivity index (χ4v) is 1.12. The molecule has 3 nitrogen and oxygen atoms in total. The summed E-state index contributed by atoms with van der Waals surface area (Å²) in [5.74, 6) is -1.76. The Morgan fingerprint density at radius 2 is 1.88 bits per heavy atom. The van der Waals surface area contributed by atoms with Gasteiger partial charge < -0.3 is 4.74 Å². The zero-order chi connectivity index (χ0) is 12.7. The van der Waals surface area contributed by atoms with Crippen LogP contribution in [0, 0.1) is 0 Å². The third-order valence-electron chi connectivity index (χ3n) is 1.61. The summed E-state index contributed by atoms with van der Waals surface area (Å²) in [5, 5.41) is 0.176. The first-order valence-corrected chi connectivity index (χ1v) is 5.11. The van der Waals surface area contributed by atoms with Gasteiger partial charge in [0.1, 0.15) is 7.85 Å². The number of ketones is 1. The highest BCUT2D eigenvalue weighted by Gasteiger charge is 2.19. The first kappa shape index (κ1) is 14.7. The number of rotatable bonds is 2. The lowest BCUT2D eigenvalue weighted by Crippen LogP contribution is -2.18. The molecule has 0 aliphatic carbocycles. The molecule has 16 heavy (non-hydrogen) atoms. The Hall–Kier alpha value is -1.29. The summed E-state index contributed by atoms with van der Waals surface area (Å²) in [6.07, 6.45) is 0. The second-order valence-corrected chi connectivity index (χ2v) is 2.97. The average Bonchev–Trinajstić information content (AvgIpc) is 2.33. The van der Waals surface area contributed by atoms with E-state index in [4.69, 9.17) is 19.4 Å². The van der Waals surface area contributed by atoms with Crippen LogP contribution in [0.15, 0.2) is 18.2 Å². The van der Waals surface area contributed by atoms with Gasteiger partial charge in [0.2, 0.25) is 0 Å². The van der Waals surface area contributed by atoms with Gasteiger partial charge in [-0.15, -0.1) is 0 Å². The van der Waals surface area contributed by atoms with Gasteiger partial charge in [0.25, 0.3) is 5.78 Å². The van der Waals surface area contributed by atoms with Crippen molar-refractivity contribution < 1.29 is 14.3 Å². The minimum absolute atomic E-state index is 0.0542. The van der Waals surface area contributed by atoms with Crippen LogP contribution in [0.4, 0.5) is 0 Å². The zero-order valence-corrected chi connectivity index (χ0v) is 10.2. The topological polar surface area (TPSA) is 43.4 Å². The lowest BCUT2D eigenvalue weighted by molar-refractivity contribution is -0.135. The van der Waals surface area contributed by atoms with Gasteiger partial charge >= 0.3 is 5.97 Å². The van der Waals surface area contributed by atoms with Gasteiger partial charge in [-0.1, -0.05) is 43.0 Å². The lowest BCUT2D eigenvalue weighted by Gasteiger charge is -2.02. The molecule has 0 saturated carbocycles. The Labute approximate surface area is 101 Å². The predicted molar refractivity (Wildman–Crippen MR) is 64.5 cm³/mol. The molecule has 0 spiro atoms. The number of hydrogen-bond donors (Lipinski definition) is 0. The van der Waals surface area contributed by atoms with E-state index in [9.17, 15) is 9.59 Å². The van der Waals surface area contributed by atoms with Gasteiger partial charge in [-0.3, -0.25) is 4.79 Å². The van der Waals surface area contributed by atoms with E-state index in [2.05, 4.69) is 4.74 Å². The summed E-state index contributed by atoms with van der Waals surface area (Å²) in [6, 6.07) is 4.32. The molecule has 1 aromatic rings. The van der Waals surface area contributed by atoms with Gasteiger partial charge in [-0.05, 0) is 6.07 Å². The lowest BCUT2D eigenvalue weighted by atomic mass is 9.93. The van der Waals surface area contributed by atoms with Crippen molar-refractivity contribution in [3.63, 3.8) is 0 Å². The molecule has 0 fully saturated rings. The van der Waals surface area contributed by atoms with Crippen molar-refractivity contribution in [1.29, 1.82) is 0 Å².